The van der Waals surface area contributed by atoms with E-state index in [1.54, 1.807) is 7.11 Å². The average molecular weight is 395 g/mol. The molecular formula is C22H19BrO2. The lowest BCUT2D eigenvalue weighted by Gasteiger charge is -2.07. The van der Waals surface area contributed by atoms with Gasteiger partial charge in [-0.05, 0) is 56.4 Å². The van der Waals surface area contributed by atoms with Crippen LogP contribution in [0.2, 0.25) is 0 Å². The minimum absolute atomic E-state index is 0.236. The van der Waals surface area contributed by atoms with Crippen molar-refractivity contribution in [2.45, 2.75) is 0 Å². The lowest BCUT2D eigenvalue weighted by atomic mass is 10.0. The quantitative estimate of drug-likeness (QED) is 0.362. The number of hydrogen-bond donors (Lipinski definition) is 0. The molecule has 3 aromatic carbocycles. The predicted octanol–water partition coefficient (Wildman–Crippen LogP) is 6.27. The van der Waals surface area contributed by atoms with E-state index in [0.717, 1.165) is 21.3 Å². The smallest absolute Gasteiger partial charge is 0.188 e. The Morgan fingerprint density at radius 3 is 2.24 bits per heavy atom. The van der Waals surface area contributed by atoms with Crippen LogP contribution >= 0.6 is 15.9 Å². The highest BCUT2D eigenvalue weighted by atomic mass is 79.9. The molecule has 0 atom stereocenters. The molecule has 126 valence electrons. The van der Waals surface area contributed by atoms with Crippen LogP contribution in [0.5, 0.6) is 5.75 Å². The molecule has 0 radical (unpaired) electrons. The fraction of sp³-hybridized carbons (Fsp3) is 0.0909. The van der Waals surface area contributed by atoms with Gasteiger partial charge in [-0.15, -0.1) is 0 Å². The van der Waals surface area contributed by atoms with E-state index in [-0.39, 0.29) is 6.79 Å². The number of halogens is 1. The van der Waals surface area contributed by atoms with Gasteiger partial charge in [0.05, 0.1) is 4.47 Å². The van der Waals surface area contributed by atoms with Crippen molar-refractivity contribution >= 4 is 28.1 Å². The van der Waals surface area contributed by atoms with Crippen LogP contribution in [0.4, 0.5) is 0 Å². The molecule has 0 amide bonds. The van der Waals surface area contributed by atoms with Gasteiger partial charge in [-0.3, -0.25) is 0 Å². The van der Waals surface area contributed by atoms with Crippen LogP contribution in [0.1, 0.15) is 11.1 Å². The third-order valence-electron chi connectivity index (χ3n) is 3.75. The van der Waals surface area contributed by atoms with Gasteiger partial charge in [0.25, 0.3) is 0 Å². The molecule has 0 bridgehead atoms. The van der Waals surface area contributed by atoms with E-state index in [2.05, 4.69) is 76.6 Å². The summed E-state index contributed by atoms with van der Waals surface area (Å²) in [4.78, 5) is 0. The fourth-order valence-electron chi connectivity index (χ4n) is 2.51. The molecule has 0 aliphatic carbocycles. The lowest BCUT2D eigenvalue weighted by Crippen LogP contribution is -1.99. The molecule has 0 saturated carbocycles. The van der Waals surface area contributed by atoms with Crippen LogP contribution in [0, 0.1) is 0 Å². The largest absolute Gasteiger partial charge is 0.466 e. The standard InChI is InChI=1S/C22H19BrO2/c1-24-16-25-22-13-12-18(15-21(22)23)11-10-17-6-5-9-20(14-17)19-7-3-2-4-8-19/h2-15H,16H2,1H3/b11-10+. The summed E-state index contributed by atoms with van der Waals surface area (Å²) in [6, 6.07) is 24.9. The summed E-state index contributed by atoms with van der Waals surface area (Å²) in [5.74, 6) is 0.769. The topological polar surface area (TPSA) is 18.5 Å². The van der Waals surface area contributed by atoms with Crippen molar-refractivity contribution in [3.05, 3.63) is 88.4 Å². The Labute approximate surface area is 156 Å². The molecule has 0 N–H and O–H groups in total. The SMILES string of the molecule is COCOc1ccc(/C=C/c2cccc(-c3ccccc3)c2)cc1Br. The molecular weight excluding hydrogens is 376 g/mol. The van der Waals surface area contributed by atoms with E-state index in [9.17, 15) is 0 Å². The number of benzene rings is 3. The Kier molecular flexibility index (Phi) is 6.04. The molecule has 0 spiro atoms. The van der Waals surface area contributed by atoms with E-state index in [1.807, 2.05) is 24.3 Å². The number of hydrogen-bond acceptors (Lipinski definition) is 2. The molecule has 25 heavy (non-hydrogen) atoms. The van der Waals surface area contributed by atoms with Crippen molar-refractivity contribution in [3.63, 3.8) is 0 Å². The van der Waals surface area contributed by atoms with E-state index >= 15 is 0 Å². The molecule has 3 heteroatoms. The predicted molar refractivity (Wildman–Crippen MR) is 107 cm³/mol. The molecule has 0 aliphatic rings. The molecule has 3 aromatic rings. The van der Waals surface area contributed by atoms with Crippen molar-refractivity contribution in [1.29, 1.82) is 0 Å². The number of rotatable bonds is 6. The highest BCUT2D eigenvalue weighted by molar-refractivity contribution is 9.10. The third kappa shape index (κ3) is 4.81. The maximum Gasteiger partial charge on any atom is 0.188 e. The van der Waals surface area contributed by atoms with Gasteiger partial charge in [0, 0.05) is 7.11 Å². The second kappa shape index (κ2) is 8.65. The van der Waals surface area contributed by atoms with Crippen molar-refractivity contribution in [2.75, 3.05) is 13.9 Å². The van der Waals surface area contributed by atoms with Gasteiger partial charge in [0.2, 0.25) is 0 Å². The average Bonchev–Trinajstić information content (AvgIpc) is 2.66. The van der Waals surface area contributed by atoms with Gasteiger partial charge < -0.3 is 9.47 Å². The molecule has 0 unspecified atom stereocenters. The Morgan fingerprint density at radius 1 is 0.800 bits per heavy atom. The second-order valence-corrected chi connectivity index (χ2v) is 6.42. The highest BCUT2D eigenvalue weighted by Gasteiger charge is 2.01. The van der Waals surface area contributed by atoms with Gasteiger partial charge in [-0.1, -0.05) is 66.7 Å². The van der Waals surface area contributed by atoms with Crippen LogP contribution in [-0.2, 0) is 4.74 Å². The summed E-state index contributed by atoms with van der Waals surface area (Å²) in [6.45, 7) is 0.236. The number of ether oxygens (including phenoxy) is 2. The normalized spacial score (nSPS) is 11.0. The first-order chi connectivity index (χ1) is 12.3. The van der Waals surface area contributed by atoms with Gasteiger partial charge in [0.1, 0.15) is 5.75 Å². The fourth-order valence-corrected chi connectivity index (χ4v) is 3.02. The molecule has 0 fully saturated rings. The van der Waals surface area contributed by atoms with Gasteiger partial charge >= 0.3 is 0 Å². The van der Waals surface area contributed by atoms with Crippen LogP contribution in [-0.4, -0.2) is 13.9 Å². The van der Waals surface area contributed by atoms with E-state index in [0.29, 0.717) is 0 Å². The number of methoxy groups -OCH3 is 1. The third-order valence-corrected chi connectivity index (χ3v) is 4.37. The lowest BCUT2D eigenvalue weighted by molar-refractivity contribution is 0.0506. The zero-order valence-electron chi connectivity index (χ0n) is 14.0. The van der Waals surface area contributed by atoms with Crippen LogP contribution in [0.25, 0.3) is 23.3 Å². The maximum absolute atomic E-state index is 5.48. The molecule has 3 rings (SSSR count). The first-order valence-corrected chi connectivity index (χ1v) is 8.80. The summed E-state index contributed by atoms with van der Waals surface area (Å²) < 4.78 is 11.3. The van der Waals surface area contributed by atoms with E-state index in [1.165, 1.54) is 11.1 Å². The minimum Gasteiger partial charge on any atom is -0.466 e. The minimum atomic E-state index is 0.236. The van der Waals surface area contributed by atoms with Crippen molar-refractivity contribution in [2.24, 2.45) is 0 Å². The monoisotopic (exact) mass is 394 g/mol. The molecule has 0 heterocycles. The van der Waals surface area contributed by atoms with Gasteiger partial charge in [-0.25, -0.2) is 0 Å². The van der Waals surface area contributed by atoms with Gasteiger partial charge in [-0.2, -0.15) is 0 Å². The zero-order valence-corrected chi connectivity index (χ0v) is 15.6. The zero-order chi connectivity index (χ0) is 17.5. The molecule has 2 nitrogen and oxygen atoms in total. The Bertz CT molecular complexity index is 857. The van der Waals surface area contributed by atoms with Gasteiger partial charge in [0.15, 0.2) is 6.79 Å². The van der Waals surface area contributed by atoms with Crippen LogP contribution < -0.4 is 4.74 Å². The Balaban J connectivity index is 1.77. The summed E-state index contributed by atoms with van der Waals surface area (Å²) in [5.41, 5.74) is 4.70. The highest BCUT2D eigenvalue weighted by Crippen LogP contribution is 2.27. The van der Waals surface area contributed by atoms with Crippen molar-refractivity contribution in [3.8, 4) is 16.9 Å². The van der Waals surface area contributed by atoms with E-state index < -0.39 is 0 Å². The summed E-state index contributed by atoms with van der Waals surface area (Å²) in [6.07, 6.45) is 4.21. The maximum atomic E-state index is 5.48. The second-order valence-electron chi connectivity index (χ2n) is 5.57. The summed E-state index contributed by atoms with van der Waals surface area (Å²) in [7, 11) is 1.61. The molecule has 0 aliphatic heterocycles. The van der Waals surface area contributed by atoms with E-state index in [4.69, 9.17) is 9.47 Å². The summed E-state index contributed by atoms with van der Waals surface area (Å²) >= 11 is 3.53. The molecule has 0 saturated heterocycles. The Hall–Kier alpha value is -2.36. The van der Waals surface area contributed by atoms with Crippen molar-refractivity contribution < 1.29 is 9.47 Å². The van der Waals surface area contributed by atoms with Crippen LogP contribution in [0.15, 0.2) is 77.3 Å². The Morgan fingerprint density at radius 2 is 1.52 bits per heavy atom. The summed E-state index contributed by atoms with van der Waals surface area (Å²) in [5, 5.41) is 0. The molecule has 0 aromatic heterocycles. The van der Waals surface area contributed by atoms with Crippen molar-refractivity contribution in [1.82, 2.24) is 0 Å². The van der Waals surface area contributed by atoms with Crippen LogP contribution in [0.3, 0.4) is 0 Å². The first kappa shape index (κ1) is 17.5. The first-order valence-electron chi connectivity index (χ1n) is 8.01.